The lowest BCUT2D eigenvalue weighted by Crippen LogP contribution is -2.48. The van der Waals surface area contributed by atoms with E-state index in [1.807, 2.05) is 25.1 Å². The Kier molecular flexibility index (Phi) is 5.98. The molecule has 3 rings (SSSR count). The summed E-state index contributed by atoms with van der Waals surface area (Å²) < 4.78 is 0. The van der Waals surface area contributed by atoms with Crippen LogP contribution < -0.4 is 5.32 Å². The van der Waals surface area contributed by atoms with Crippen LogP contribution in [0.25, 0.3) is 0 Å². The van der Waals surface area contributed by atoms with Crippen molar-refractivity contribution in [1.82, 2.24) is 15.1 Å². The molecule has 3 amide bonds. The largest absolute Gasteiger partial charge is 0.481 e. The van der Waals surface area contributed by atoms with E-state index in [1.54, 1.807) is 9.80 Å². The van der Waals surface area contributed by atoms with Gasteiger partial charge in [-0.25, -0.2) is 4.79 Å². The minimum atomic E-state index is -0.849. The zero-order valence-corrected chi connectivity index (χ0v) is 15.7. The Morgan fingerprint density at radius 1 is 1.19 bits per heavy atom. The Balaban J connectivity index is 1.46. The number of nitrogens with zero attached hydrogens (tertiary/aromatic N) is 2. The molecule has 0 spiro atoms. The molecule has 2 aliphatic rings. The fraction of sp³-hybridized carbons (Fsp3) is 0.550. The van der Waals surface area contributed by atoms with Gasteiger partial charge in [0, 0.05) is 38.6 Å². The van der Waals surface area contributed by atoms with Crippen LogP contribution in [0.1, 0.15) is 37.3 Å². The van der Waals surface area contributed by atoms with Crippen LogP contribution in [0.15, 0.2) is 24.3 Å². The van der Waals surface area contributed by atoms with Crippen LogP contribution in [0.4, 0.5) is 4.79 Å². The molecule has 2 aliphatic heterocycles. The molecule has 2 N–H and O–H groups in total. The van der Waals surface area contributed by atoms with Gasteiger partial charge in [-0.2, -0.15) is 0 Å². The zero-order chi connectivity index (χ0) is 19.4. The first-order valence-corrected chi connectivity index (χ1v) is 9.57. The third-order valence-electron chi connectivity index (χ3n) is 5.58. The fourth-order valence-corrected chi connectivity index (χ4v) is 3.86. The van der Waals surface area contributed by atoms with Gasteiger partial charge in [-0.15, -0.1) is 0 Å². The molecule has 2 heterocycles. The van der Waals surface area contributed by atoms with Crippen LogP contribution >= 0.6 is 0 Å². The molecule has 27 heavy (non-hydrogen) atoms. The fourth-order valence-electron chi connectivity index (χ4n) is 3.86. The summed E-state index contributed by atoms with van der Waals surface area (Å²) in [5, 5.41) is 12.0. The van der Waals surface area contributed by atoms with E-state index in [9.17, 15) is 19.5 Å². The standard InChI is InChI=1S/C20H27N3O4/c1-14-6-7-17(19(25)26)13-23(14)18(24)8-10-21-20(27)22-11-9-15-4-2-3-5-16(15)12-22/h2-5,14,17H,6-13H2,1H3,(H,21,27)(H,25,26). The molecule has 1 saturated heterocycles. The number of carboxylic acids is 1. The normalized spacial score (nSPS) is 22.1. The van der Waals surface area contributed by atoms with Crippen molar-refractivity contribution in [3.63, 3.8) is 0 Å². The molecule has 1 aromatic carbocycles. The average molecular weight is 373 g/mol. The van der Waals surface area contributed by atoms with Gasteiger partial charge >= 0.3 is 12.0 Å². The number of carbonyl (C=O) groups excluding carboxylic acids is 2. The van der Waals surface area contributed by atoms with E-state index in [2.05, 4.69) is 11.4 Å². The molecular formula is C20H27N3O4. The first kappa shape index (κ1) is 19.2. The molecule has 0 bridgehead atoms. The second-order valence-corrected chi connectivity index (χ2v) is 7.43. The number of aliphatic carboxylic acids is 1. The van der Waals surface area contributed by atoms with Crippen molar-refractivity contribution >= 4 is 17.9 Å². The highest BCUT2D eigenvalue weighted by Gasteiger charge is 2.32. The molecule has 7 heteroatoms. The highest BCUT2D eigenvalue weighted by molar-refractivity contribution is 5.80. The number of carbonyl (C=O) groups is 3. The number of likely N-dealkylation sites (tertiary alicyclic amines) is 1. The molecule has 7 nitrogen and oxygen atoms in total. The molecule has 2 atom stereocenters. The van der Waals surface area contributed by atoms with Crippen LogP contribution in [0.5, 0.6) is 0 Å². The van der Waals surface area contributed by atoms with E-state index < -0.39 is 11.9 Å². The third-order valence-corrected chi connectivity index (χ3v) is 5.58. The lowest BCUT2D eigenvalue weighted by molar-refractivity contribution is -0.147. The first-order chi connectivity index (χ1) is 13.0. The molecule has 0 saturated carbocycles. The molecular weight excluding hydrogens is 346 g/mol. The summed E-state index contributed by atoms with van der Waals surface area (Å²) in [6, 6.07) is 8.00. The van der Waals surface area contributed by atoms with E-state index in [1.165, 1.54) is 5.56 Å². The van der Waals surface area contributed by atoms with E-state index in [-0.39, 0.29) is 37.5 Å². The first-order valence-electron chi connectivity index (χ1n) is 9.57. The lowest BCUT2D eigenvalue weighted by Gasteiger charge is -2.36. The topological polar surface area (TPSA) is 90.0 Å². The van der Waals surface area contributed by atoms with Crippen LogP contribution in [0.2, 0.25) is 0 Å². The van der Waals surface area contributed by atoms with Gasteiger partial charge in [0.05, 0.1) is 5.92 Å². The minimum Gasteiger partial charge on any atom is -0.481 e. The van der Waals surface area contributed by atoms with Crippen molar-refractivity contribution < 1.29 is 19.5 Å². The van der Waals surface area contributed by atoms with Gasteiger partial charge in [0.1, 0.15) is 0 Å². The second kappa shape index (κ2) is 8.41. The molecule has 146 valence electrons. The Morgan fingerprint density at radius 3 is 2.67 bits per heavy atom. The highest BCUT2D eigenvalue weighted by atomic mass is 16.4. The summed E-state index contributed by atoms with van der Waals surface area (Å²) in [7, 11) is 0. The van der Waals surface area contributed by atoms with E-state index in [0.717, 1.165) is 12.0 Å². The Morgan fingerprint density at radius 2 is 1.93 bits per heavy atom. The maximum atomic E-state index is 12.5. The predicted molar refractivity (Wildman–Crippen MR) is 100 cm³/mol. The van der Waals surface area contributed by atoms with Crippen LogP contribution in [-0.4, -0.2) is 58.5 Å². The summed E-state index contributed by atoms with van der Waals surface area (Å²) in [5.41, 5.74) is 2.45. The third kappa shape index (κ3) is 4.59. The molecule has 1 aromatic rings. The van der Waals surface area contributed by atoms with Gasteiger partial charge in [0.25, 0.3) is 0 Å². The summed E-state index contributed by atoms with van der Waals surface area (Å²) in [4.78, 5) is 39.4. The number of nitrogens with one attached hydrogen (secondary N) is 1. The SMILES string of the molecule is CC1CCC(C(=O)O)CN1C(=O)CCNC(=O)N1CCc2ccccc2C1. The van der Waals surface area contributed by atoms with E-state index >= 15 is 0 Å². The number of rotatable bonds is 4. The maximum Gasteiger partial charge on any atom is 0.317 e. The number of carboxylic acid groups (broad SMARTS) is 1. The van der Waals surface area contributed by atoms with Crippen molar-refractivity contribution in [1.29, 1.82) is 0 Å². The van der Waals surface area contributed by atoms with Gasteiger partial charge in [-0.05, 0) is 37.3 Å². The van der Waals surface area contributed by atoms with Crippen molar-refractivity contribution in [3.05, 3.63) is 35.4 Å². The summed E-state index contributed by atoms with van der Waals surface area (Å²) in [6.45, 7) is 3.71. The molecule has 0 aliphatic carbocycles. The Hall–Kier alpha value is -2.57. The van der Waals surface area contributed by atoms with E-state index in [0.29, 0.717) is 25.9 Å². The van der Waals surface area contributed by atoms with Crippen LogP contribution in [0, 0.1) is 5.92 Å². The minimum absolute atomic E-state index is 0.0439. The number of piperidine rings is 1. The number of urea groups is 1. The highest BCUT2D eigenvalue weighted by Crippen LogP contribution is 2.23. The van der Waals surface area contributed by atoms with Crippen molar-refractivity contribution in [2.24, 2.45) is 5.92 Å². The van der Waals surface area contributed by atoms with Gasteiger partial charge < -0.3 is 20.2 Å². The quantitative estimate of drug-likeness (QED) is 0.843. The number of amides is 3. The number of benzene rings is 1. The number of fused-ring (bicyclic) bond motifs is 1. The summed E-state index contributed by atoms with van der Waals surface area (Å²) in [6.07, 6.45) is 2.33. The number of hydrogen-bond donors (Lipinski definition) is 2. The molecule has 0 radical (unpaired) electrons. The van der Waals surface area contributed by atoms with Gasteiger partial charge in [-0.3, -0.25) is 9.59 Å². The summed E-state index contributed by atoms with van der Waals surface area (Å²) in [5.74, 6) is -1.44. The van der Waals surface area contributed by atoms with Gasteiger partial charge in [-0.1, -0.05) is 24.3 Å². The zero-order valence-electron chi connectivity index (χ0n) is 15.7. The van der Waals surface area contributed by atoms with E-state index in [4.69, 9.17) is 0 Å². The van der Waals surface area contributed by atoms with Crippen LogP contribution in [-0.2, 0) is 22.6 Å². The van der Waals surface area contributed by atoms with Gasteiger partial charge in [0.15, 0.2) is 0 Å². The second-order valence-electron chi connectivity index (χ2n) is 7.43. The van der Waals surface area contributed by atoms with Crippen molar-refractivity contribution in [3.8, 4) is 0 Å². The Bertz CT molecular complexity index is 721. The monoisotopic (exact) mass is 373 g/mol. The van der Waals surface area contributed by atoms with Gasteiger partial charge in [0.2, 0.25) is 5.91 Å². The average Bonchev–Trinajstić information content (AvgIpc) is 2.67. The van der Waals surface area contributed by atoms with Crippen LogP contribution in [0.3, 0.4) is 0 Å². The molecule has 0 aromatic heterocycles. The smallest absolute Gasteiger partial charge is 0.317 e. The maximum absolute atomic E-state index is 12.5. The molecule has 2 unspecified atom stereocenters. The van der Waals surface area contributed by atoms with Crippen molar-refractivity contribution in [2.45, 2.75) is 45.2 Å². The predicted octanol–water partition coefficient (Wildman–Crippen LogP) is 1.86. The molecule has 1 fully saturated rings. The lowest BCUT2D eigenvalue weighted by atomic mass is 9.93. The number of hydrogen-bond acceptors (Lipinski definition) is 3. The van der Waals surface area contributed by atoms with Crippen molar-refractivity contribution in [2.75, 3.05) is 19.6 Å². The Labute approximate surface area is 159 Å². The summed E-state index contributed by atoms with van der Waals surface area (Å²) >= 11 is 0.